The van der Waals surface area contributed by atoms with Gasteiger partial charge in [-0.3, -0.25) is 4.79 Å². The molecular weight excluding hydrogens is 304 g/mol. The molecule has 22 heavy (non-hydrogen) atoms. The van der Waals surface area contributed by atoms with Crippen molar-refractivity contribution in [3.8, 4) is 0 Å². The number of benzene rings is 1. The molecule has 1 aliphatic carbocycles. The van der Waals surface area contributed by atoms with Crippen molar-refractivity contribution in [1.29, 1.82) is 0 Å². The number of halogens is 1. The molecule has 0 spiro atoms. The van der Waals surface area contributed by atoms with E-state index < -0.39 is 11.5 Å². The van der Waals surface area contributed by atoms with Crippen LogP contribution in [0.4, 0.5) is 0 Å². The van der Waals surface area contributed by atoms with Crippen LogP contribution in [0, 0.1) is 0 Å². The molecule has 0 aliphatic heterocycles. The summed E-state index contributed by atoms with van der Waals surface area (Å²) in [6.45, 7) is 0.0822. The van der Waals surface area contributed by atoms with Crippen LogP contribution in [-0.2, 0) is 16.1 Å². The molecule has 1 fully saturated rings. The van der Waals surface area contributed by atoms with Gasteiger partial charge in [0.25, 0.3) is 0 Å². The van der Waals surface area contributed by atoms with Crippen molar-refractivity contribution in [2.45, 2.75) is 37.8 Å². The Morgan fingerprint density at radius 2 is 2.00 bits per heavy atom. The summed E-state index contributed by atoms with van der Waals surface area (Å²) in [6, 6.07) is 7.39. The average Bonchev–Trinajstić information content (AvgIpc) is 3.07. The predicted molar refractivity (Wildman–Crippen MR) is 83.9 cm³/mol. The van der Waals surface area contributed by atoms with Gasteiger partial charge in [-0.2, -0.15) is 0 Å². The van der Waals surface area contributed by atoms with Gasteiger partial charge < -0.3 is 15.0 Å². The predicted octanol–water partition coefficient (Wildman–Crippen LogP) is 2.81. The van der Waals surface area contributed by atoms with Gasteiger partial charge in [0.15, 0.2) is 0 Å². The summed E-state index contributed by atoms with van der Waals surface area (Å²) in [7, 11) is 0. The standard InChI is InChI=1S/C16H17ClN2O3/c17-12-4-3-11-5-8-19(13(11)9-12)10-14(20)18-16(15(21)22)6-1-2-7-16/h3-5,8-9H,1-2,6-7,10H2,(H,18,20)(H,21,22). The van der Waals surface area contributed by atoms with E-state index in [9.17, 15) is 14.7 Å². The van der Waals surface area contributed by atoms with Gasteiger partial charge in [-0.25, -0.2) is 4.79 Å². The molecule has 0 atom stereocenters. The zero-order chi connectivity index (χ0) is 15.7. The summed E-state index contributed by atoms with van der Waals surface area (Å²) in [5.74, 6) is -1.24. The van der Waals surface area contributed by atoms with Crippen LogP contribution in [-0.4, -0.2) is 27.1 Å². The molecule has 0 radical (unpaired) electrons. The molecule has 0 bridgehead atoms. The summed E-state index contributed by atoms with van der Waals surface area (Å²) >= 11 is 5.99. The first-order valence-electron chi connectivity index (χ1n) is 7.29. The van der Waals surface area contributed by atoms with Crippen LogP contribution in [0.15, 0.2) is 30.5 Å². The van der Waals surface area contributed by atoms with Crippen molar-refractivity contribution >= 4 is 34.4 Å². The van der Waals surface area contributed by atoms with E-state index in [1.165, 1.54) is 0 Å². The number of hydrogen-bond donors (Lipinski definition) is 2. The second kappa shape index (κ2) is 5.65. The molecular formula is C16H17ClN2O3. The summed E-state index contributed by atoms with van der Waals surface area (Å²) < 4.78 is 1.78. The lowest BCUT2D eigenvalue weighted by Crippen LogP contribution is -2.53. The number of amides is 1. The molecule has 2 aromatic rings. The lowest BCUT2D eigenvalue weighted by Gasteiger charge is -2.25. The Morgan fingerprint density at radius 1 is 1.27 bits per heavy atom. The van der Waals surface area contributed by atoms with Gasteiger partial charge in [-0.1, -0.05) is 30.5 Å². The smallest absolute Gasteiger partial charge is 0.329 e. The monoisotopic (exact) mass is 320 g/mol. The zero-order valence-electron chi connectivity index (χ0n) is 12.0. The first kappa shape index (κ1) is 14.9. The fourth-order valence-electron chi connectivity index (χ4n) is 3.13. The number of rotatable bonds is 4. The first-order valence-corrected chi connectivity index (χ1v) is 7.67. The number of carboxylic acids is 1. The third-order valence-corrected chi connectivity index (χ3v) is 4.53. The van der Waals surface area contributed by atoms with E-state index >= 15 is 0 Å². The van der Waals surface area contributed by atoms with Crippen LogP contribution < -0.4 is 5.32 Å². The first-order chi connectivity index (χ1) is 10.5. The molecule has 3 rings (SSSR count). The Hall–Kier alpha value is -2.01. The van der Waals surface area contributed by atoms with Crippen molar-refractivity contribution < 1.29 is 14.7 Å². The number of nitrogens with one attached hydrogen (secondary N) is 1. The highest BCUT2D eigenvalue weighted by molar-refractivity contribution is 6.31. The number of carbonyl (C=O) groups is 2. The van der Waals surface area contributed by atoms with Crippen LogP contribution in [0.3, 0.4) is 0 Å². The second-order valence-electron chi connectivity index (χ2n) is 5.79. The highest BCUT2D eigenvalue weighted by Gasteiger charge is 2.42. The maximum absolute atomic E-state index is 12.3. The number of carboxylic acid groups (broad SMARTS) is 1. The minimum absolute atomic E-state index is 0.0822. The van der Waals surface area contributed by atoms with E-state index in [2.05, 4.69) is 5.32 Å². The minimum Gasteiger partial charge on any atom is -0.480 e. The lowest BCUT2D eigenvalue weighted by atomic mass is 9.98. The van der Waals surface area contributed by atoms with Crippen molar-refractivity contribution in [2.24, 2.45) is 0 Å². The molecule has 0 unspecified atom stereocenters. The number of carbonyl (C=O) groups excluding carboxylic acids is 1. The van der Waals surface area contributed by atoms with Crippen molar-refractivity contribution in [1.82, 2.24) is 9.88 Å². The van der Waals surface area contributed by atoms with E-state index in [-0.39, 0.29) is 12.5 Å². The number of aliphatic carboxylic acids is 1. The summed E-state index contributed by atoms with van der Waals surface area (Å²) in [4.78, 5) is 23.8. The molecule has 1 heterocycles. The molecule has 1 aromatic heterocycles. The number of aromatic nitrogens is 1. The molecule has 1 aromatic carbocycles. The minimum atomic E-state index is -1.10. The van der Waals surface area contributed by atoms with Crippen LogP contribution >= 0.6 is 11.6 Å². The molecule has 6 heteroatoms. The molecule has 116 valence electrons. The Kier molecular flexibility index (Phi) is 3.83. The lowest BCUT2D eigenvalue weighted by molar-refractivity contribution is -0.147. The van der Waals surface area contributed by atoms with Crippen molar-refractivity contribution in [3.63, 3.8) is 0 Å². The van der Waals surface area contributed by atoms with E-state index in [4.69, 9.17) is 11.6 Å². The molecule has 1 aliphatic rings. The van der Waals surface area contributed by atoms with Gasteiger partial charge in [-0.15, -0.1) is 0 Å². The average molecular weight is 321 g/mol. The molecule has 2 N–H and O–H groups in total. The Balaban J connectivity index is 1.78. The number of hydrogen-bond acceptors (Lipinski definition) is 2. The SMILES string of the molecule is O=C(Cn1ccc2ccc(Cl)cc21)NC1(C(=O)O)CCCC1. The summed E-state index contributed by atoms with van der Waals surface area (Å²) in [5.41, 5.74) is -0.240. The van der Waals surface area contributed by atoms with Gasteiger partial charge in [0, 0.05) is 16.7 Å². The molecule has 0 saturated heterocycles. The number of fused-ring (bicyclic) bond motifs is 1. The van der Waals surface area contributed by atoms with Gasteiger partial charge in [-0.05, 0) is 36.4 Å². The maximum Gasteiger partial charge on any atom is 0.329 e. The highest BCUT2D eigenvalue weighted by atomic mass is 35.5. The third-order valence-electron chi connectivity index (χ3n) is 4.30. The van der Waals surface area contributed by atoms with Gasteiger partial charge in [0.2, 0.25) is 5.91 Å². The fraction of sp³-hybridized carbons (Fsp3) is 0.375. The second-order valence-corrected chi connectivity index (χ2v) is 6.23. The Labute approximate surface area is 132 Å². The Bertz CT molecular complexity index is 732. The highest BCUT2D eigenvalue weighted by Crippen LogP contribution is 2.30. The van der Waals surface area contributed by atoms with Gasteiger partial charge in [0.1, 0.15) is 12.1 Å². The fourth-order valence-corrected chi connectivity index (χ4v) is 3.29. The molecule has 1 saturated carbocycles. The largest absolute Gasteiger partial charge is 0.480 e. The van der Waals surface area contributed by atoms with E-state index in [1.54, 1.807) is 16.7 Å². The van der Waals surface area contributed by atoms with Crippen LogP contribution in [0.5, 0.6) is 0 Å². The molecule has 1 amide bonds. The van der Waals surface area contributed by atoms with Crippen molar-refractivity contribution in [2.75, 3.05) is 0 Å². The Morgan fingerprint density at radius 3 is 2.68 bits per heavy atom. The quantitative estimate of drug-likeness (QED) is 0.910. The summed E-state index contributed by atoms with van der Waals surface area (Å²) in [6.07, 6.45) is 4.45. The topological polar surface area (TPSA) is 71.3 Å². The van der Waals surface area contributed by atoms with E-state index in [0.717, 1.165) is 23.7 Å². The molecule has 5 nitrogen and oxygen atoms in total. The van der Waals surface area contributed by atoms with Crippen LogP contribution in [0.2, 0.25) is 5.02 Å². The van der Waals surface area contributed by atoms with E-state index in [1.807, 2.05) is 18.3 Å². The maximum atomic E-state index is 12.3. The summed E-state index contributed by atoms with van der Waals surface area (Å²) in [5, 5.41) is 13.7. The zero-order valence-corrected chi connectivity index (χ0v) is 12.8. The van der Waals surface area contributed by atoms with E-state index in [0.29, 0.717) is 17.9 Å². The van der Waals surface area contributed by atoms with Crippen LogP contribution in [0.25, 0.3) is 10.9 Å². The number of nitrogens with zero attached hydrogens (tertiary/aromatic N) is 1. The van der Waals surface area contributed by atoms with Crippen LogP contribution in [0.1, 0.15) is 25.7 Å². The normalized spacial score (nSPS) is 16.8. The third kappa shape index (κ3) is 2.68. The van der Waals surface area contributed by atoms with Crippen molar-refractivity contribution in [3.05, 3.63) is 35.5 Å². The van der Waals surface area contributed by atoms with Gasteiger partial charge in [0.05, 0.1) is 0 Å². The van der Waals surface area contributed by atoms with Gasteiger partial charge >= 0.3 is 5.97 Å².